The van der Waals surface area contributed by atoms with Crippen molar-refractivity contribution in [2.45, 2.75) is 31.0 Å². The number of hydrogen-bond acceptors (Lipinski definition) is 6. The molecule has 0 aliphatic carbocycles. The number of benzene rings is 1. The first kappa shape index (κ1) is 16.0. The van der Waals surface area contributed by atoms with Crippen molar-refractivity contribution in [3.05, 3.63) is 53.6 Å². The van der Waals surface area contributed by atoms with Crippen LogP contribution in [0.1, 0.15) is 36.1 Å². The molecule has 130 valence electrons. The van der Waals surface area contributed by atoms with E-state index in [-0.39, 0.29) is 23.8 Å². The maximum absolute atomic E-state index is 13.3. The first-order valence-electron chi connectivity index (χ1n) is 8.57. The number of nitrogens with two attached hydrogens (primary N) is 1. The molecule has 0 amide bonds. The van der Waals surface area contributed by atoms with E-state index in [1.54, 1.807) is 24.5 Å². The van der Waals surface area contributed by atoms with E-state index in [2.05, 4.69) is 20.2 Å². The molecular weight excluding hydrogens is 319 g/mol. The smallest absolute Gasteiger partial charge is 0.219 e. The van der Waals surface area contributed by atoms with Crippen LogP contribution in [-0.2, 0) is 0 Å². The van der Waals surface area contributed by atoms with Gasteiger partial charge in [-0.15, -0.1) is 0 Å². The molecule has 0 bridgehead atoms. The van der Waals surface area contributed by atoms with Crippen LogP contribution in [0, 0.1) is 5.82 Å². The van der Waals surface area contributed by atoms with E-state index >= 15 is 0 Å². The number of aliphatic imine (C=N–C) groups is 1. The second kappa shape index (κ2) is 6.76. The summed E-state index contributed by atoms with van der Waals surface area (Å²) in [5.41, 5.74) is 7.60. The predicted octanol–water partition coefficient (Wildman–Crippen LogP) is 2.08. The van der Waals surface area contributed by atoms with Crippen LogP contribution in [0.25, 0.3) is 0 Å². The molecule has 7 heteroatoms. The Balaban J connectivity index is 1.69. The molecule has 6 nitrogen and oxygen atoms in total. The van der Waals surface area contributed by atoms with Gasteiger partial charge in [0.05, 0.1) is 12.4 Å². The minimum atomic E-state index is -0.242. The lowest BCUT2D eigenvalue weighted by Crippen LogP contribution is -2.43. The summed E-state index contributed by atoms with van der Waals surface area (Å²) in [5, 5.41) is 3.40. The second-order valence-corrected chi connectivity index (χ2v) is 6.51. The molecule has 0 spiro atoms. The van der Waals surface area contributed by atoms with Gasteiger partial charge in [-0.25, -0.2) is 14.4 Å². The third-order valence-corrected chi connectivity index (χ3v) is 4.96. The maximum atomic E-state index is 13.3. The Morgan fingerprint density at radius 1 is 1.04 bits per heavy atom. The fourth-order valence-electron chi connectivity index (χ4n) is 3.67. The maximum Gasteiger partial charge on any atom is 0.219 e. The molecule has 2 aliphatic heterocycles. The molecule has 3 heterocycles. The number of anilines is 1. The summed E-state index contributed by atoms with van der Waals surface area (Å²) in [6, 6.07) is 6.86. The number of nitrogen functional groups attached to an aromatic ring is 1. The lowest BCUT2D eigenvalue weighted by atomic mass is 9.93. The minimum Gasteiger partial charge on any atom is -0.368 e. The number of aromatic nitrogens is 2. The van der Waals surface area contributed by atoms with Crippen LogP contribution in [0.3, 0.4) is 0 Å². The van der Waals surface area contributed by atoms with Crippen LogP contribution in [0.5, 0.6) is 0 Å². The number of halogens is 1. The summed E-state index contributed by atoms with van der Waals surface area (Å²) >= 11 is 0. The molecule has 2 aliphatic rings. The third-order valence-electron chi connectivity index (χ3n) is 4.96. The average molecular weight is 340 g/mol. The minimum absolute atomic E-state index is 0.00541. The van der Waals surface area contributed by atoms with Gasteiger partial charge in [-0.3, -0.25) is 4.99 Å². The topological polar surface area (TPSA) is 79.4 Å². The van der Waals surface area contributed by atoms with Crippen LogP contribution in [0.2, 0.25) is 0 Å². The molecule has 3 N–H and O–H groups in total. The van der Waals surface area contributed by atoms with Crippen LogP contribution in [-0.4, -0.2) is 40.3 Å². The number of piperidine rings is 1. The summed E-state index contributed by atoms with van der Waals surface area (Å²) in [6.07, 6.45) is 7.60. The third kappa shape index (κ3) is 3.19. The highest BCUT2D eigenvalue weighted by atomic mass is 19.1. The Hall–Kier alpha value is -2.54. The van der Waals surface area contributed by atoms with Crippen molar-refractivity contribution in [1.29, 1.82) is 0 Å². The van der Waals surface area contributed by atoms with E-state index in [9.17, 15) is 4.39 Å². The Morgan fingerprint density at radius 3 is 2.40 bits per heavy atom. The average Bonchev–Trinajstić information content (AvgIpc) is 3.09. The Labute approximate surface area is 146 Å². The molecule has 1 aromatic heterocycles. The molecule has 2 unspecified atom stereocenters. The highest BCUT2D eigenvalue weighted by Gasteiger charge is 2.37. The number of hydrogen-bond donors (Lipinski definition) is 2. The highest BCUT2D eigenvalue weighted by Crippen LogP contribution is 2.42. The zero-order chi connectivity index (χ0) is 17.2. The van der Waals surface area contributed by atoms with Gasteiger partial charge in [0.15, 0.2) is 0 Å². The molecule has 2 aromatic rings. The van der Waals surface area contributed by atoms with E-state index in [0.717, 1.165) is 37.1 Å². The first-order valence-corrected chi connectivity index (χ1v) is 8.57. The SMILES string of the molecule is Nc1ncc(C2C(c3ccc(F)cc3)N=CN2C2CCNCC2)cn1. The van der Waals surface area contributed by atoms with Gasteiger partial charge in [0.1, 0.15) is 11.9 Å². The van der Waals surface area contributed by atoms with Crippen molar-refractivity contribution in [3.8, 4) is 0 Å². The molecule has 0 saturated carbocycles. The summed E-state index contributed by atoms with van der Waals surface area (Å²) in [6.45, 7) is 2.00. The van der Waals surface area contributed by atoms with Crippen molar-refractivity contribution in [2.75, 3.05) is 18.8 Å². The van der Waals surface area contributed by atoms with Gasteiger partial charge in [0.25, 0.3) is 0 Å². The van der Waals surface area contributed by atoms with Gasteiger partial charge in [0, 0.05) is 24.0 Å². The summed E-state index contributed by atoms with van der Waals surface area (Å²) in [4.78, 5) is 15.4. The second-order valence-electron chi connectivity index (χ2n) is 6.51. The normalized spacial score (nSPS) is 24.0. The fourth-order valence-corrected chi connectivity index (χ4v) is 3.67. The molecule has 4 rings (SSSR count). The van der Waals surface area contributed by atoms with Gasteiger partial charge in [-0.1, -0.05) is 12.1 Å². The van der Waals surface area contributed by atoms with Crippen molar-refractivity contribution < 1.29 is 4.39 Å². The molecule has 1 aromatic carbocycles. The molecular formula is C18H21FN6. The monoisotopic (exact) mass is 340 g/mol. The van der Waals surface area contributed by atoms with Crippen molar-refractivity contribution in [2.24, 2.45) is 4.99 Å². The van der Waals surface area contributed by atoms with Gasteiger partial charge >= 0.3 is 0 Å². The standard InChI is InChI=1S/C18H21FN6/c19-14-3-1-12(2-4-14)16-17(13-9-22-18(20)23-10-13)25(11-24-16)15-5-7-21-8-6-15/h1-4,9-11,15-17,21H,5-8H2,(H2,20,22,23). The molecule has 0 radical (unpaired) electrons. The quantitative estimate of drug-likeness (QED) is 0.894. The van der Waals surface area contributed by atoms with Crippen molar-refractivity contribution in [1.82, 2.24) is 20.2 Å². The molecule has 1 fully saturated rings. The number of rotatable bonds is 3. The van der Waals surface area contributed by atoms with Crippen molar-refractivity contribution in [3.63, 3.8) is 0 Å². The fraction of sp³-hybridized carbons (Fsp3) is 0.389. The lowest BCUT2D eigenvalue weighted by Gasteiger charge is -2.37. The Bertz CT molecular complexity index is 739. The van der Waals surface area contributed by atoms with Gasteiger partial charge < -0.3 is 16.0 Å². The van der Waals surface area contributed by atoms with Gasteiger partial charge in [0.2, 0.25) is 5.95 Å². The van der Waals surface area contributed by atoms with E-state index < -0.39 is 0 Å². The van der Waals surface area contributed by atoms with Crippen LogP contribution < -0.4 is 11.1 Å². The van der Waals surface area contributed by atoms with E-state index in [4.69, 9.17) is 10.7 Å². The summed E-state index contributed by atoms with van der Waals surface area (Å²) in [7, 11) is 0. The first-order chi connectivity index (χ1) is 12.2. The van der Waals surface area contributed by atoms with E-state index in [0.29, 0.717) is 6.04 Å². The lowest BCUT2D eigenvalue weighted by molar-refractivity contribution is 0.202. The Morgan fingerprint density at radius 2 is 1.72 bits per heavy atom. The zero-order valence-electron chi connectivity index (χ0n) is 13.8. The molecule has 2 atom stereocenters. The van der Waals surface area contributed by atoms with Crippen LogP contribution in [0.4, 0.5) is 10.3 Å². The van der Waals surface area contributed by atoms with Crippen LogP contribution in [0.15, 0.2) is 41.7 Å². The van der Waals surface area contributed by atoms with E-state index in [1.807, 2.05) is 6.34 Å². The van der Waals surface area contributed by atoms with Gasteiger partial charge in [-0.2, -0.15) is 0 Å². The number of nitrogens with one attached hydrogen (secondary N) is 1. The molecule has 25 heavy (non-hydrogen) atoms. The predicted molar refractivity (Wildman–Crippen MR) is 94.5 cm³/mol. The summed E-state index contributed by atoms with van der Waals surface area (Å²) < 4.78 is 13.3. The molecule has 1 saturated heterocycles. The van der Waals surface area contributed by atoms with Crippen molar-refractivity contribution >= 4 is 12.3 Å². The zero-order valence-corrected chi connectivity index (χ0v) is 13.8. The number of nitrogens with zero attached hydrogens (tertiary/aromatic N) is 4. The van der Waals surface area contributed by atoms with Crippen LogP contribution >= 0.6 is 0 Å². The summed E-state index contributed by atoms with van der Waals surface area (Å²) in [5.74, 6) is 0.0164. The largest absolute Gasteiger partial charge is 0.368 e. The van der Waals surface area contributed by atoms with E-state index in [1.165, 1.54) is 12.1 Å². The van der Waals surface area contributed by atoms with Gasteiger partial charge in [-0.05, 0) is 43.6 Å². The Kier molecular flexibility index (Phi) is 4.31. The highest BCUT2D eigenvalue weighted by molar-refractivity contribution is 5.61.